The topological polar surface area (TPSA) is 171 Å². The minimum Gasteiger partial charge on any atom is -0.481 e. The van der Waals surface area contributed by atoms with Crippen molar-refractivity contribution in [3.05, 3.63) is 99.6 Å². The van der Waals surface area contributed by atoms with E-state index < -0.39 is 32.2 Å². The molecule has 2 bridgehead atoms. The Morgan fingerprint density at radius 1 is 0.981 bits per heavy atom. The zero-order valence-electron chi connectivity index (χ0n) is 30.6. The first-order valence-corrected chi connectivity index (χ1v) is 20.1. The van der Waals surface area contributed by atoms with Crippen LogP contribution in [-0.2, 0) is 26.1 Å². The fraction of sp³-hybridized carbons (Fsp3) is 0.450. The minimum atomic E-state index is -4.40. The van der Waals surface area contributed by atoms with Crippen LogP contribution in [0, 0.1) is 32.8 Å². The van der Waals surface area contributed by atoms with Gasteiger partial charge in [-0.2, -0.15) is 0 Å². The number of fused-ring (bicyclic) bond motifs is 2. The second kappa shape index (κ2) is 14.8. The summed E-state index contributed by atoms with van der Waals surface area (Å²) in [5, 5.41) is 25.4. The largest absolute Gasteiger partial charge is 0.481 e. The number of rotatable bonds is 12. The van der Waals surface area contributed by atoms with Gasteiger partial charge in [-0.3, -0.25) is 24.6 Å². The minimum absolute atomic E-state index is 0.138. The smallest absolute Gasteiger partial charge is 0.314 e. The number of carboxylic acid groups (broad SMARTS) is 1. The second-order valence-corrected chi connectivity index (χ2v) is 17.1. The lowest BCUT2D eigenvalue weighted by Crippen LogP contribution is -2.46. The summed E-state index contributed by atoms with van der Waals surface area (Å²) in [6, 6.07) is 18.4. The number of hydrogen-bond donors (Lipinski definition) is 3. The van der Waals surface area contributed by atoms with Crippen molar-refractivity contribution in [1.82, 2.24) is 9.62 Å². The Morgan fingerprint density at radius 3 is 2.35 bits per heavy atom. The molecule has 14 heteroatoms. The van der Waals surface area contributed by atoms with E-state index in [1.165, 1.54) is 12.1 Å². The first-order chi connectivity index (χ1) is 25.8. The molecule has 286 valence electrons. The molecule has 3 aromatic carbocycles. The summed E-state index contributed by atoms with van der Waals surface area (Å²) in [5.41, 5.74) is 2.75. The average molecular weight is 758 g/mol. The van der Waals surface area contributed by atoms with Gasteiger partial charge in [0.1, 0.15) is 5.69 Å². The number of hydrogen-bond acceptors (Lipinski definition) is 10. The average Bonchev–Trinajstić information content (AvgIpc) is 3.56. The van der Waals surface area contributed by atoms with Gasteiger partial charge in [0.05, 0.1) is 15.2 Å². The molecule has 3 aromatic rings. The van der Waals surface area contributed by atoms with Gasteiger partial charge >= 0.3 is 5.97 Å². The molecule has 4 aliphatic rings. The summed E-state index contributed by atoms with van der Waals surface area (Å²) >= 11 is 0. The number of piperazine rings is 1. The van der Waals surface area contributed by atoms with Crippen LogP contribution in [0.5, 0.6) is 0 Å². The van der Waals surface area contributed by atoms with Gasteiger partial charge in [-0.25, -0.2) is 13.1 Å². The number of aliphatic carboxylic acids is 1. The van der Waals surface area contributed by atoms with Crippen molar-refractivity contribution in [3.63, 3.8) is 0 Å². The Bertz CT molecular complexity index is 2070. The fourth-order valence-corrected chi connectivity index (χ4v) is 9.87. The number of sulfonamides is 1. The lowest BCUT2D eigenvalue weighted by atomic mass is 9.64. The number of allylic oxidation sites excluding steroid dienone is 1. The van der Waals surface area contributed by atoms with Crippen LogP contribution in [0.2, 0.25) is 0 Å². The Balaban J connectivity index is 0.957. The van der Waals surface area contributed by atoms with E-state index in [0.717, 1.165) is 73.9 Å². The van der Waals surface area contributed by atoms with Crippen LogP contribution in [0.3, 0.4) is 0 Å². The molecule has 2 unspecified atom stereocenters. The van der Waals surface area contributed by atoms with Crippen LogP contribution >= 0.6 is 0 Å². The fourth-order valence-electron chi connectivity index (χ4n) is 8.88. The zero-order valence-corrected chi connectivity index (χ0v) is 31.4. The number of benzene rings is 3. The third-order valence-electron chi connectivity index (χ3n) is 12.2. The zero-order chi connectivity index (χ0) is 38.3. The highest BCUT2D eigenvalue weighted by Gasteiger charge is 2.64. The summed E-state index contributed by atoms with van der Waals surface area (Å²) in [6.45, 7) is 9.69. The molecule has 2 atom stereocenters. The molecule has 3 fully saturated rings. The molecule has 3 N–H and O–H groups in total. The summed E-state index contributed by atoms with van der Waals surface area (Å²) in [7, 11) is -4.40. The van der Waals surface area contributed by atoms with Gasteiger partial charge in [0.15, 0.2) is 0 Å². The predicted octanol–water partition coefficient (Wildman–Crippen LogP) is 5.78. The Kier molecular flexibility index (Phi) is 10.3. The van der Waals surface area contributed by atoms with Gasteiger partial charge in [-0.15, -0.1) is 0 Å². The number of anilines is 2. The third-order valence-corrected chi connectivity index (χ3v) is 13.6. The van der Waals surface area contributed by atoms with Gasteiger partial charge in [0.2, 0.25) is 0 Å². The van der Waals surface area contributed by atoms with Crippen molar-refractivity contribution in [2.24, 2.45) is 22.7 Å². The number of carbonyl (C=O) groups excluding carboxylic acids is 1. The Hall–Kier alpha value is -4.79. The van der Waals surface area contributed by atoms with Crippen molar-refractivity contribution in [1.29, 1.82) is 0 Å². The lowest BCUT2D eigenvalue weighted by Gasteiger charge is -2.38. The van der Waals surface area contributed by atoms with Crippen molar-refractivity contribution in [2.45, 2.75) is 51.0 Å². The number of nitro benzene ring substituents is 1. The third kappa shape index (κ3) is 6.98. The maximum atomic E-state index is 13.2. The summed E-state index contributed by atoms with van der Waals surface area (Å²) in [6.07, 6.45) is 5.44. The van der Waals surface area contributed by atoms with Crippen molar-refractivity contribution >= 4 is 44.5 Å². The molecule has 1 amide bonds. The molecule has 2 saturated heterocycles. The first-order valence-electron chi connectivity index (χ1n) is 18.6. The first kappa shape index (κ1) is 37.5. The van der Waals surface area contributed by atoms with E-state index in [4.69, 9.17) is 4.74 Å². The van der Waals surface area contributed by atoms with Gasteiger partial charge in [0, 0.05) is 69.8 Å². The summed E-state index contributed by atoms with van der Waals surface area (Å²) in [5.74, 6) is -1.03. The second-order valence-electron chi connectivity index (χ2n) is 15.4. The summed E-state index contributed by atoms with van der Waals surface area (Å²) in [4.78, 5) is 41.2. The normalized spacial score (nSPS) is 22.8. The number of nitrogens with zero attached hydrogens (tertiary/aromatic N) is 3. The van der Waals surface area contributed by atoms with Crippen LogP contribution in [0.4, 0.5) is 17.1 Å². The number of nitrogens with one attached hydrogen (secondary N) is 2. The van der Waals surface area contributed by atoms with E-state index in [2.05, 4.69) is 51.9 Å². The van der Waals surface area contributed by atoms with E-state index in [9.17, 15) is 33.2 Å². The van der Waals surface area contributed by atoms with E-state index in [1.54, 1.807) is 24.3 Å². The van der Waals surface area contributed by atoms with Crippen LogP contribution in [0.1, 0.15) is 61.0 Å². The maximum absolute atomic E-state index is 13.2. The Morgan fingerprint density at radius 2 is 1.69 bits per heavy atom. The highest BCUT2D eigenvalue weighted by atomic mass is 32.2. The summed E-state index contributed by atoms with van der Waals surface area (Å²) < 4.78 is 33.7. The predicted molar refractivity (Wildman–Crippen MR) is 205 cm³/mol. The standard InChI is InChI=1S/C40H47N5O8S/c1-39(2)30-13-16-40(39,38(47)48)34(23-30)33-6-4-3-5-29(33)26-43-17-19-44(20-18-43)31-9-7-28(8-10-31)37(46)42-54(51,52)32-11-12-35(36(24-32)45(49)50)41-25-27-14-21-53-22-15-27/h3-12,23-24,27,30,41H,13-22,25-26H2,1-2H3,(H,42,46)(H,47,48). The molecular weight excluding hydrogens is 711 g/mol. The highest BCUT2D eigenvalue weighted by molar-refractivity contribution is 7.90. The number of carboxylic acids is 1. The number of nitro groups is 1. The molecule has 1 saturated carbocycles. The molecule has 0 radical (unpaired) electrons. The number of carbonyl (C=O) groups is 2. The van der Waals surface area contributed by atoms with Gasteiger partial charge in [-0.05, 0) is 96.0 Å². The Labute approximate surface area is 315 Å². The molecular formula is C40H47N5O8S. The van der Waals surface area contributed by atoms with Crippen LogP contribution in [-0.4, -0.2) is 81.2 Å². The van der Waals surface area contributed by atoms with E-state index in [0.29, 0.717) is 38.6 Å². The van der Waals surface area contributed by atoms with Crippen molar-refractivity contribution in [2.75, 3.05) is 56.2 Å². The number of ether oxygens (including phenoxy) is 1. The molecule has 0 aromatic heterocycles. The molecule has 0 spiro atoms. The van der Waals surface area contributed by atoms with Gasteiger partial charge in [-0.1, -0.05) is 44.2 Å². The molecule has 2 aliphatic heterocycles. The van der Waals surface area contributed by atoms with Crippen molar-refractivity contribution < 1.29 is 32.8 Å². The van der Waals surface area contributed by atoms with E-state index in [1.807, 2.05) is 12.1 Å². The molecule has 13 nitrogen and oxygen atoms in total. The molecule has 2 heterocycles. The van der Waals surface area contributed by atoms with E-state index >= 15 is 0 Å². The molecule has 2 aliphatic carbocycles. The quantitative estimate of drug-likeness (QED) is 0.151. The molecule has 7 rings (SSSR count). The molecule has 54 heavy (non-hydrogen) atoms. The highest BCUT2D eigenvalue weighted by Crippen LogP contribution is 2.68. The maximum Gasteiger partial charge on any atom is 0.314 e. The van der Waals surface area contributed by atoms with E-state index in [-0.39, 0.29) is 33.2 Å². The SMILES string of the molecule is CC1(C)C2C=C(c3ccccc3CN3CCN(c4ccc(C(=O)NS(=O)(=O)c5ccc(NCC6CCOCC6)c([N+](=O)[O-])c5)cc4)CC3)C1(C(=O)O)CC2. The van der Waals surface area contributed by atoms with Crippen LogP contribution in [0.15, 0.2) is 77.7 Å². The van der Waals surface area contributed by atoms with Crippen molar-refractivity contribution in [3.8, 4) is 0 Å². The van der Waals surface area contributed by atoms with Gasteiger partial charge in [0.25, 0.3) is 21.6 Å². The van der Waals surface area contributed by atoms with Crippen LogP contribution < -0.4 is 14.9 Å². The lowest BCUT2D eigenvalue weighted by molar-refractivity contribution is -0.384. The van der Waals surface area contributed by atoms with Crippen LogP contribution in [0.25, 0.3) is 5.57 Å². The van der Waals surface area contributed by atoms with Gasteiger partial charge < -0.3 is 20.1 Å². The monoisotopic (exact) mass is 757 g/mol. The number of amides is 1.